The van der Waals surface area contributed by atoms with Crippen LogP contribution in [0.15, 0.2) is 30.6 Å². The maximum Gasteiger partial charge on any atom is 0.160 e. The molecule has 6 heteroatoms. The van der Waals surface area contributed by atoms with E-state index in [-0.39, 0.29) is 0 Å². The van der Waals surface area contributed by atoms with Gasteiger partial charge in [-0.25, -0.2) is 4.98 Å². The van der Waals surface area contributed by atoms with Gasteiger partial charge in [-0.2, -0.15) is 9.61 Å². The van der Waals surface area contributed by atoms with Gasteiger partial charge in [-0.15, -0.1) is 0 Å². The summed E-state index contributed by atoms with van der Waals surface area (Å²) in [4.78, 5) is 13.9. The molecule has 0 spiro atoms. The van der Waals surface area contributed by atoms with Crippen molar-refractivity contribution in [2.75, 3.05) is 31.1 Å². The lowest BCUT2D eigenvalue weighted by Crippen LogP contribution is -2.46. The summed E-state index contributed by atoms with van der Waals surface area (Å²) in [6.07, 6.45) is 4.68. The molecule has 4 heterocycles. The highest BCUT2D eigenvalue weighted by Crippen LogP contribution is 2.23. The topological polar surface area (TPSA) is 49.6 Å². The number of pyridine rings is 1. The van der Waals surface area contributed by atoms with Crippen LogP contribution in [0.3, 0.4) is 0 Å². The Labute approximate surface area is 154 Å². The van der Waals surface area contributed by atoms with Gasteiger partial charge in [-0.1, -0.05) is 6.92 Å². The van der Waals surface area contributed by atoms with Crippen molar-refractivity contribution in [2.24, 2.45) is 0 Å². The Balaban J connectivity index is 1.55. The van der Waals surface area contributed by atoms with Crippen LogP contribution < -0.4 is 4.90 Å². The van der Waals surface area contributed by atoms with Crippen molar-refractivity contribution >= 4 is 11.5 Å². The van der Waals surface area contributed by atoms with Crippen LogP contribution in [0.5, 0.6) is 0 Å². The van der Waals surface area contributed by atoms with Crippen LogP contribution >= 0.6 is 0 Å². The Morgan fingerprint density at radius 2 is 1.77 bits per heavy atom. The lowest BCUT2D eigenvalue weighted by Gasteiger charge is -2.36. The molecule has 0 aromatic carbocycles. The molecule has 0 aliphatic carbocycles. The van der Waals surface area contributed by atoms with Crippen LogP contribution in [0.1, 0.15) is 29.4 Å². The summed E-state index contributed by atoms with van der Waals surface area (Å²) >= 11 is 0. The molecular weight excluding hydrogens is 324 g/mol. The van der Waals surface area contributed by atoms with E-state index < -0.39 is 0 Å². The highest BCUT2D eigenvalue weighted by molar-refractivity contribution is 5.57. The fourth-order valence-electron chi connectivity index (χ4n) is 3.55. The third-order valence-electron chi connectivity index (χ3n) is 5.31. The van der Waals surface area contributed by atoms with E-state index in [4.69, 9.17) is 10.1 Å². The van der Waals surface area contributed by atoms with Gasteiger partial charge in [0.1, 0.15) is 5.82 Å². The Morgan fingerprint density at radius 3 is 2.46 bits per heavy atom. The molecule has 6 nitrogen and oxygen atoms in total. The minimum Gasteiger partial charge on any atom is -0.354 e. The average Bonchev–Trinajstić information content (AvgIpc) is 2.97. The summed E-state index contributed by atoms with van der Waals surface area (Å²) in [5.41, 5.74) is 5.69. The van der Waals surface area contributed by atoms with Crippen LogP contribution in [0, 0.1) is 13.8 Å². The smallest absolute Gasteiger partial charge is 0.160 e. The van der Waals surface area contributed by atoms with Gasteiger partial charge in [0.15, 0.2) is 5.65 Å². The van der Waals surface area contributed by atoms with Crippen LogP contribution in [-0.4, -0.2) is 50.7 Å². The Morgan fingerprint density at radius 1 is 1.04 bits per heavy atom. The van der Waals surface area contributed by atoms with Gasteiger partial charge in [-0.05, 0) is 38.0 Å². The van der Waals surface area contributed by atoms with Crippen molar-refractivity contribution in [2.45, 2.75) is 33.7 Å². The van der Waals surface area contributed by atoms with E-state index in [1.165, 1.54) is 16.9 Å². The third-order valence-corrected chi connectivity index (χ3v) is 5.31. The molecule has 4 rings (SSSR count). The van der Waals surface area contributed by atoms with Gasteiger partial charge in [-0.3, -0.25) is 9.88 Å². The Hall–Kier alpha value is -2.47. The van der Waals surface area contributed by atoms with Crippen molar-refractivity contribution in [3.63, 3.8) is 0 Å². The van der Waals surface area contributed by atoms with Gasteiger partial charge in [0.25, 0.3) is 0 Å². The first kappa shape index (κ1) is 17.0. The summed E-state index contributed by atoms with van der Waals surface area (Å²) < 4.78 is 2.03. The molecular formula is C20H26N6. The molecule has 3 aromatic rings. The van der Waals surface area contributed by atoms with Crippen molar-refractivity contribution in [1.29, 1.82) is 0 Å². The number of rotatable bonds is 4. The standard InChI is InChI=1S/C20H26N6/c1-4-18-13-19(26-20(22-18)15(2)16(3)23-26)25-11-9-24(10-12-25)14-17-5-7-21-8-6-17/h5-8,13H,4,9-12,14H2,1-3H3. The van der Waals surface area contributed by atoms with E-state index in [1.54, 1.807) is 0 Å². The SMILES string of the molecule is CCc1cc(N2CCN(Cc3ccncc3)CC2)n2nc(C)c(C)c2n1. The Bertz CT molecular complexity index is 894. The quantitative estimate of drug-likeness (QED) is 0.724. The van der Waals surface area contributed by atoms with E-state index in [2.05, 4.69) is 53.8 Å². The van der Waals surface area contributed by atoms with E-state index in [1.807, 2.05) is 16.9 Å². The molecule has 0 atom stereocenters. The lowest BCUT2D eigenvalue weighted by molar-refractivity contribution is 0.249. The van der Waals surface area contributed by atoms with Crippen molar-refractivity contribution in [3.8, 4) is 0 Å². The molecule has 26 heavy (non-hydrogen) atoms. The average molecular weight is 350 g/mol. The van der Waals surface area contributed by atoms with Crippen molar-refractivity contribution in [1.82, 2.24) is 24.5 Å². The van der Waals surface area contributed by atoms with Crippen LogP contribution in [0.4, 0.5) is 5.82 Å². The largest absolute Gasteiger partial charge is 0.354 e. The van der Waals surface area contributed by atoms with Gasteiger partial charge in [0.2, 0.25) is 0 Å². The normalized spacial score (nSPS) is 15.7. The van der Waals surface area contributed by atoms with Crippen molar-refractivity contribution < 1.29 is 0 Å². The van der Waals surface area contributed by atoms with Gasteiger partial charge < -0.3 is 4.90 Å². The molecule has 0 amide bonds. The maximum absolute atomic E-state index is 4.80. The van der Waals surface area contributed by atoms with Gasteiger partial charge >= 0.3 is 0 Å². The highest BCUT2D eigenvalue weighted by atomic mass is 15.4. The summed E-state index contributed by atoms with van der Waals surface area (Å²) in [5.74, 6) is 1.17. The van der Waals surface area contributed by atoms with Crippen LogP contribution in [-0.2, 0) is 13.0 Å². The summed E-state index contributed by atoms with van der Waals surface area (Å²) in [6.45, 7) is 11.4. The number of fused-ring (bicyclic) bond motifs is 1. The second-order valence-corrected chi connectivity index (χ2v) is 7.02. The number of nitrogens with zero attached hydrogens (tertiary/aromatic N) is 6. The van der Waals surface area contributed by atoms with Crippen LogP contribution in [0.25, 0.3) is 5.65 Å². The summed E-state index contributed by atoms with van der Waals surface area (Å²) in [5, 5.41) is 4.74. The molecule has 0 bridgehead atoms. The fourth-order valence-corrected chi connectivity index (χ4v) is 3.55. The molecule has 3 aromatic heterocycles. The zero-order chi connectivity index (χ0) is 18.1. The fraction of sp³-hybridized carbons (Fsp3) is 0.450. The second-order valence-electron chi connectivity index (χ2n) is 7.02. The first-order valence-corrected chi connectivity index (χ1v) is 9.37. The summed E-state index contributed by atoms with van der Waals surface area (Å²) in [7, 11) is 0. The van der Waals surface area contributed by atoms with Gasteiger partial charge in [0.05, 0.1) is 5.69 Å². The number of aryl methyl sites for hydroxylation is 3. The lowest BCUT2D eigenvalue weighted by atomic mass is 10.2. The minimum atomic E-state index is 0.940. The van der Waals surface area contributed by atoms with Crippen molar-refractivity contribution in [3.05, 3.63) is 53.1 Å². The number of hydrogen-bond acceptors (Lipinski definition) is 5. The van der Waals surface area contributed by atoms with Gasteiger partial charge in [0, 0.05) is 62.4 Å². The molecule has 0 saturated carbocycles. The number of hydrogen-bond donors (Lipinski definition) is 0. The predicted molar refractivity (Wildman–Crippen MR) is 104 cm³/mol. The van der Waals surface area contributed by atoms with Crippen LogP contribution in [0.2, 0.25) is 0 Å². The molecule has 1 aliphatic heterocycles. The van der Waals surface area contributed by atoms with E-state index in [9.17, 15) is 0 Å². The number of aromatic nitrogens is 4. The Kier molecular flexibility index (Phi) is 4.59. The molecule has 1 aliphatic rings. The number of anilines is 1. The van der Waals surface area contributed by atoms with E-state index >= 15 is 0 Å². The second kappa shape index (κ2) is 7.03. The zero-order valence-corrected chi connectivity index (χ0v) is 15.8. The molecule has 0 unspecified atom stereocenters. The zero-order valence-electron chi connectivity index (χ0n) is 15.8. The molecule has 0 N–H and O–H groups in total. The first-order chi connectivity index (χ1) is 12.7. The van der Waals surface area contributed by atoms with E-state index in [0.29, 0.717) is 0 Å². The number of piperazine rings is 1. The molecule has 136 valence electrons. The third kappa shape index (κ3) is 3.17. The molecule has 1 fully saturated rings. The maximum atomic E-state index is 4.80. The minimum absolute atomic E-state index is 0.940. The highest BCUT2D eigenvalue weighted by Gasteiger charge is 2.21. The first-order valence-electron chi connectivity index (χ1n) is 9.37. The summed E-state index contributed by atoms with van der Waals surface area (Å²) in [6, 6.07) is 6.40. The monoisotopic (exact) mass is 350 g/mol. The molecule has 1 saturated heterocycles. The predicted octanol–water partition coefficient (Wildman–Crippen LogP) is 2.63. The van der Waals surface area contributed by atoms with E-state index in [0.717, 1.165) is 56.2 Å². The molecule has 0 radical (unpaired) electrons.